The number of benzene rings is 1. The fourth-order valence-corrected chi connectivity index (χ4v) is 1.89. The molecule has 1 heterocycles. The summed E-state index contributed by atoms with van der Waals surface area (Å²) in [6.07, 6.45) is 3.79. The summed E-state index contributed by atoms with van der Waals surface area (Å²) < 4.78 is 5.06. The standard InChI is InChI=1S/C16H15ClN2O3/c1-2-9-22-16(21)12-3-4-13(17)14(10-12)19-15(20)11-5-7-18-8-6-11/h3-8,10H,2,9H2,1H3,(H,19,20). The Morgan fingerprint density at radius 1 is 1.18 bits per heavy atom. The quantitative estimate of drug-likeness (QED) is 0.856. The van der Waals surface area contributed by atoms with Crippen LogP contribution < -0.4 is 5.32 Å². The van der Waals surface area contributed by atoms with Crippen LogP contribution in [-0.4, -0.2) is 23.5 Å². The summed E-state index contributed by atoms with van der Waals surface area (Å²) in [5.74, 6) is -0.777. The van der Waals surface area contributed by atoms with Gasteiger partial charge in [0.05, 0.1) is 22.9 Å². The number of ether oxygens (including phenoxy) is 1. The van der Waals surface area contributed by atoms with Crippen molar-refractivity contribution >= 4 is 29.2 Å². The number of pyridine rings is 1. The molecule has 1 aromatic carbocycles. The molecule has 1 aromatic heterocycles. The zero-order chi connectivity index (χ0) is 15.9. The fraction of sp³-hybridized carbons (Fsp3) is 0.188. The molecule has 0 spiro atoms. The highest BCUT2D eigenvalue weighted by Crippen LogP contribution is 2.24. The topological polar surface area (TPSA) is 68.3 Å². The van der Waals surface area contributed by atoms with Gasteiger partial charge in [0.1, 0.15) is 0 Å². The largest absolute Gasteiger partial charge is 0.462 e. The molecule has 2 aromatic rings. The third-order valence-corrected chi connectivity index (χ3v) is 3.16. The Balaban J connectivity index is 2.17. The second kappa shape index (κ2) is 7.56. The van der Waals surface area contributed by atoms with Gasteiger partial charge >= 0.3 is 5.97 Å². The maximum Gasteiger partial charge on any atom is 0.338 e. The van der Waals surface area contributed by atoms with Gasteiger partial charge in [-0.25, -0.2) is 4.79 Å². The van der Waals surface area contributed by atoms with Crippen molar-refractivity contribution < 1.29 is 14.3 Å². The van der Waals surface area contributed by atoms with Gasteiger partial charge in [-0.05, 0) is 36.8 Å². The molecule has 0 saturated carbocycles. The van der Waals surface area contributed by atoms with Crippen LogP contribution >= 0.6 is 11.6 Å². The number of aromatic nitrogens is 1. The fourth-order valence-electron chi connectivity index (χ4n) is 1.72. The van der Waals surface area contributed by atoms with Crippen molar-refractivity contribution in [3.8, 4) is 0 Å². The minimum atomic E-state index is -0.446. The van der Waals surface area contributed by atoms with Crippen molar-refractivity contribution in [1.29, 1.82) is 0 Å². The van der Waals surface area contributed by atoms with Crippen molar-refractivity contribution in [1.82, 2.24) is 4.98 Å². The van der Waals surface area contributed by atoms with Crippen molar-refractivity contribution in [3.63, 3.8) is 0 Å². The van der Waals surface area contributed by atoms with E-state index < -0.39 is 5.97 Å². The molecule has 1 N–H and O–H groups in total. The molecule has 0 unspecified atom stereocenters. The molecule has 0 radical (unpaired) electrons. The van der Waals surface area contributed by atoms with Crippen molar-refractivity contribution in [2.24, 2.45) is 0 Å². The number of nitrogens with one attached hydrogen (secondary N) is 1. The average Bonchev–Trinajstić information content (AvgIpc) is 2.55. The molecular weight excluding hydrogens is 304 g/mol. The van der Waals surface area contributed by atoms with Crippen LogP contribution in [0.1, 0.15) is 34.1 Å². The molecule has 0 aliphatic carbocycles. The number of carbonyl (C=O) groups excluding carboxylic acids is 2. The number of anilines is 1. The van der Waals surface area contributed by atoms with Crippen molar-refractivity contribution in [2.45, 2.75) is 13.3 Å². The molecule has 0 aliphatic heterocycles. The van der Waals surface area contributed by atoms with E-state index in [0.717, 1.165) is 6.42 Å². The SMILES string of the molecule is CCCOC(=O)c1ccc(Cl)c(NC(=O)c2ccncc2)c1. The Hall–Kier alpha value is -2.40. The highest BCUT2D eigenvalue weighted by molar-refractivity contribution is 6.34. The Kier molecular flexibility index (Phi) is 5.49. The summed E-state index contributed by atoms with van der Waals surface area (Å²) in [6, 6.07) is 7.78. The highest BCUT2D eigenvalue weighted by Gasteiger charge is 2.13. The van der Waals surface area contributed by atoms with Crippen LogP contribution in [-0.2, 0) is 4.74 Å². The smallest absolute Gasteiger partial charge is 0.338 e. The van der Waals surface area contributed by atoms with E-state index in [1.807, 2.05) is 6.92 Å². The lowest BCUT2D eigenvalue weighted by Crippen LogP contribution is -2.13. The second-order valence-corrected chi connectivity index (χ2v) is 4.93. The van der Waals surface area contributed by atoms with Crippen LogP contribution in [0.25, 0.3) is 0 Å². The third kappa shape index (κ3) is 4.05. The molecule has 0 fully saturated rings. The first-order valence-corrected chi connectivity index (χ1v) is 7.17. The summed E-state index contributed by atoms with van der Waals surface area (Å²) in [4.78, 5) is 27.8. The van der Waals surface area contributed by atoms with E-state index in [4.69, 9.17) is 16.3 Å². The van der Waals surface area contributed by atoms with Crippen LogP contribution in [0.2, 0.25) is 5.02 Å². The number of hydrogen-bond donors (Lipinski definition) is 1. The predicted molar refractivity (Wildman–Crippen MR) is 84.2 cm³/mol. The first-order valence-electron chi connectivity index (χ1n) is 6.80. The maximum atomic E-state index is 12.1. The lowest BCUT2D eigenvalue weighted by molar-refractivity contribution is 0.0505. The van der Waals surface area contributed by atoms with E-state index in [-0.39, 0.29) is 5.91 Å². The molecule has 2 rings (SSSR count). The van der Waals surface area contributed by atoms with Crippen LogP contribution in [0.5, 0.6) is 0 Å². The van der Waals surface area contributed by atoms with Gasteiger partial charge in [-0.15, -0.1) is 0 Å². The Morgan fingerprint density at radius 3 is 2.59 bits per heavy atom. The van der Waals surface area contributed by atoms with E-state index in [1.165, 1.54) is 18.5 Å². The number of halogens is 1. The Bertz CT molecular complexity index is 674. The van der Waals surface area contributed by atoms with Gasteiger partial charge in [0.25, 0.3) is 5.91 Å². The molecular formula is C16H15ClN2O3. The second-order valence-electron chi connectivity index (χ2n) is 4.52. The molecule has 114 valence electrons. The Labute approximate surface area is 133 Å². The summed E-state index contributed by atoms with van der Waals surface area (Å²) in [6.45, 7) is 2.26. The van der Waals surface area contributed by atoms with Crippen LogP contribution in [0, 0.1) is 0 Å². The van der Waals surface area contributed by atoms with Crippen LogP contribution in [0.15, 0.2) is 42.7 Å². The molecule has 0 bridgehead atoms. The first kappa shape index (κ1) is 16.0. The average molecular weight is 319 g/mol. The van der Waals surface area contributed by atoms with Crippen molar-refractivity contribution in [3.05, 3.63) is 58.9 Å². The number of nitrogens with zero attached hydrogens (tertiary/aromatic N) is 1. The molecule has 22 heavy (non-hydrogen) atoms. The van der Waals surface area contributed by atoms with Gasteiger partial charge in [0.2, 0.25) is 0 Å². The molecule has 5 nitrogen and oxygen atoms in total. The van der Waals surface area contributed by atoms with Gasteiger partial charge in [-0.1, -0.05) is 18.5 Å². The lowest BCUT2D eigenvalue weighted by atomic mass is 10.2. The lowest BCUT2D eigenvalue weighted by Gasteiger charge is -2.09. The zero-order valence-electron chi connectivity index (χ0n) is 12.0. The van der Waals surface area contributed by atoms with E-state index in [0.29, 0.717) is 28.4 Å². The van der Waals surface area contributed by atoms with E-state index >= 15 is 0 Å². The van der Waals surface area contributed by atoms with Gasteiger partial charge in [-0.2, -0.15) is 0 Å². The highest BCUT2D eigenvalue weighted by atomic mass is 35.5. The summed E-state index contributed by atoms with van der Waals surface area (Å²) in [5, 5.41) is 3.01. The van der Waals surface area contributed by atoms with E-state index in [9.17, 15) is 9.59 Å². The molecule has 1 amide bonds. The number of carbonyl (C=O) groups is 2. The minimum absolute atomic E-state index is 0.330. The summed E-state index contributed by atoms with van der Waals surface area (Å²) in [7, 11) is 0. The van der Waals surface area contributed by atoms with Gasteiger partial charge < -0.3 is 10.1 Å². The third-order valence-electron chi connectivity index (χ3n) is 2.83. The van der Waals surface area contributed by atoms with Crippen LogP contribution in [0.4, 0.5) is 5.69 Å². The number of rotatable bonds is 5. The monoisotopic (exact) mass is 318 g/mol. The molecule has 0 atom stereocenters. The molecule has 0 saturated heterocycles. The van der Waals surface area contributed by atoms with Crippen molar-refractivity contribution in [2.75, 3.05) is 11.9 Å². The summed E-state index contributed by atoms with van der Waals surface area (Å²) in [5.41, 5.74) is 1.14. The predicted octanol–water partition coefficient (Wildman–Crippen LogP) is 3.55. The zero-order valence-corrected chi connectivity index (χ0v) is 12.8. The number of esters is 1. The molecule has 0 aliphatic rings. The van der Waals surface area contributed by atoms with Gasteiger partial charge in [-0.3, -0.25) is 9.78 Å². The van der Waals surface area contributed by atoms with Crippen LogP contribution in [0.3, 0.4) is 0 Å². The van der Waals surface area contributed by atoms with Gasteiger partial charge in [0, 0.05) is 18.0 Å². The van der Waals surface area contributed by atoms with E-state index in [2.05, 4.69) is 10.3 Å². The van der Waals surface area contributed by atoms with Gasteiger partial charge in [0.15, 0.2) is 0 Å². The minimum Gasteiger partial charge on any atom is -0.462 e. The van der Waals surface area contributed by atoms with E-state index in [1.54, 1.807) is 24.3 Å². The number of hydrogen-bond acceptors (Lipinski definition) is 4. The first-order chi connectivity index (χ1) is 10.6. The maximum absolute atomic E-state index is 12.1. The Morgan fingerprint density at radius 2 is 1.91 bits per heavy atom. The molecule has 6 heteroatoms. The summed E-state index contributed by atoms with van der Waals surface area (Å²) >= 11 is 6.06. The normalized spacial score (nSPS) is 10.1. The number of amides is 1.